The van der Waals surface area contributed by atoms with Crippen molar-refractivity contribution in [2.75, 3.05) is 19.3 Å². The van der Waals surface area contributed by atoms with Crippen LogP contribution in [0.25, 0.3) is 21.8 Å². The number of hydrogen-bond donors (Lipinski definition) is 0. The second-order valence-electron chi connectivity index (χ2n) is 7.79. The monoisotopic (exact) mass is 379 g/mol. The predicted octanol–water partition coefficient (Wildman–Crippen LogP) is 6.35. The van der Waals surface area contributed by atoms with Gasteiger partial charge in [-0.2, -0.15) is 0 Å². The number of thioether (sulfide) groups is 1. The van der Waals surface area contributed by atoms with Gasteiger partial charge in [0.1, 0.15) is 0 Å². The molecule has 1 heterocycles. The van der Waals surface area contributed by atoms with E-state index in [1.165, 1.54) is 0 Å². The summed E-state index contributed by atoms with van der Waals surface area (Å²) >= 11 is 1.73. The Hall–Kier alpha value is -2.07. The molecule has 1 aromatic heterocycles. The summed E-state index contributed by atoms with van der Waals surface area (Å²) in [4.78, 5) is 12.5. The average Bonchev–Trinajstić information content (AvgIpc) is 2.64. The molecule has 0 atom stereocenters. The molecule has 0 saturated carbocycles. The maximum atomic E-state index is 5.21. The van der Waals surface area contributed by atoms with Crippen LogP contribution in [0.2, 0.25) is 0 Å². The van der Waals surface area contributed by atoms with E-state index < -0.39 is 0 Å². The summed E-state index contributed by atoms with van der Waals surface area (Å²) in [7, 11) is 0. The maximum Gasteiger partial charge on any atom is 0.164 e. The number of benzene rings is 2. The van der Waals surface area contributed by atoms with Gasteiger partial charge < -0.3 is 4.90 Å². The lowest BCUT2D eigenvalue weighted by molar-refractivity contribution is 0.333. The van der Waals surface area contributed by atoms with Crippen LogP contribution in [0.1, 0.15) is 27.7 Å². The highest BCUT2D eigenvalue weighted by atomic mass is 32.2. The fourth-order valence-electron chi connectivity index (χ4n) is 3.39. The summed E-state index contributed by atoms with van der Waals surface area (Å²) in [6.45, 7) is 11.1. The minimum Gasteiger partial charge on any atom is -0.351 e. The molecule has 0 aliphatic carbocycles. The molecule has 2 aromatic carbocycles. The first-order chi connectivity index (χ1) is 13.0. The molecule has 142 valence electrons. The third-order valence-electron chi connectivity index (χ3n) is 4.39. The molecule has 0 amide bonds. The minimum absolute atomic E-state index is 0.590. The maximum absolute atomic E-state index is 5.21. The number of amidine groups is 1. The van der Waals surface area contributed by atoms with Crippen LogP contribution in [0, 0.1) is 11.8 Å². The van der Waals surface area contributed by atoms with E-state index in [2.05, 4.69) is 75.2 Å². The molecule has 0 aliphatic rings. The van der Waals surface area contributed by atoms with Gasteiger partial charge in [0.05, 0.1) is 16.7 Å². The van der Waals surface area contributed by atoms with Gasteiger partial charge in [0.15, 0.2) is 5.17 Å². The zero-order valence-corrected chi connectivity index (χ0v) is 17.8. The normalized spacial score (nSPS) is 12.5. The summed E-state index contributed by atoms with van der Waals surface area (Å²) in [6.07, 6.45) is 2.12. The summed E-state index contributed by atoms with van der Waals surface area (Å²) in [5.41, 5.74) is 3.02. The molecular formula is C23H29N3S. The van der Waals surface area contributed by atoms with E-state index in [-0.39, 0.29) is 0 Å². The molecule has 0 N–H and O–H groups in total. The van der Waals surface area contributed by atoms with Crippen molar-refractivity contribution in [3.8, 4) is 0 Å². The number of aliphatic imine (C=N–C) groups is 1. The van der Waals surface area contributed by atoms with Gasteiger partial charge in [0, 0.05) is 23.9 Å². The number of aromatic nitrogens is 1. The van der Waals surface area contributed by atoms with Crippen molar-refractivity contribution in [2.24, 2.45) is 16.8 Å². The van der Waals surface area contributed by atoms with E-state index in [0.29, 0.717) is 11.8 Å². The molecule has 0 spiro atoms. The third-order valence-corrected chi connectivity index (χ3v) is 5.11. The SMILES string of the molecule is CSC(=Nc1c2ccccc2nc2ccccc12)N(CC(C)C)CC(C)C. The quantitative estimate of drug-likeness (QED) is 0.294. The first-order valence-corrected chi connectivity index (χ1v) is 10.9. The van der Waals surface area contributed by atoms with E-state index in [0.717, 1.165) is 45.8 Å². The van der Waals surface area contributed by atoms with Crippen molar-refractivity contribution >= 4 is 44.4 Å². The van der Waals surface area contributed by atoms with E-state index in [9.17, 15) is 0 Å². The van der Waals surface area contributed by atoms with Crippen LogP contribution < -0.4 is 0 Å². The van der Waals surface area contributed by atoms with Crippen LogP contribution in [0.15, 0.2) is 53.5 Å². The highest BCUT2D eigenvalue weighted by molar-refractivity contribution is 8.13. The molecule has 0 unspecified atom stereocenters. The lowest BCUT2D eigenvalue weighted by atomic mass is 10.1. The van der Waals surface area contributed by atoms with Crippen molar-refractivity contribution in [1.29, 1.82) is 0 Å². The van der Waals surface area contributed by atoms with Gasteiger partial charge in [-0.15, -0.1) is 0 Å². The van der Waals surface area contributed by atoms with Gasteiger partial charge >= 0.3 is 0 Å². The van der Waals surface area contributed by atoms with E-state index in [1.54, 1.807) is 11.8 Å². The van der Waals surface area contributed by atoms with E-state index in [1.807, 2.05) is 12.1 Å². The Morgan fingerprint density at radius 2 is 1.37 bits per heavy atom. The van der Waals surface area contributed by atoms with Crippen LogP contribution in [-0.2, 0) is 0 Å². The first-order valence-electron chi connectivity index (χ1n) is 9.64. The molecule has 0 aliphatic heterocycles. The van der Waals surface area contributed by atoms with Crippen molar-refractivity contribution in [2.45, 2.75) is 27.7 Å². The summed E-state index contributed by atoms with van der Waals surface area (Å²) in [5, 5.41) is 3.30. The van der Waals surface area contributed by atoms with Gasteiger partial charge in [0.25, 0.3) is 0 Å². The van der Waals surface area contributed by atoms with Crippen LogP contribution in [-0.4, -0.2) is 34.4 Å². The molecule has 4 heteroatoms. The Morgan fingerprint density at radius 3 is 1.81 bits per heavy atom. The van der Waals surface area contributed by atoms with Crippen molar-refractivity contribution in [1.82, 2.24) is 9.88 Å². The van der Waals surface area contributed by atoms with Gasteiger partial charge in [-0.1, -0.05) is 75.9 Å². The van der Waals surface area contributed by atoms with E-state index in [4.69, 9.17) is 9.98 Å². The van der Waals surface area contributed by atoms with Crippen molar-refractivity contribution < 1.29 is 0 Å². The Morgan fingerprint density at radius 1 is 0.889 bits per heavy atom. The minimum atomic E-state index is 0.590. The second-order valence-corrected chi connectivity index (χ2v) is 8.56. The lowest BCUT2D eigenvalue weighted by Gasteiger charge is -2.28. The summed E-state index contributed by atoms with van der Waals surface area (Å²) in [5.74, 6) is 1.18. The number of nitrogens with zero attached hydrogens (tertiary/aromatic N) is 3. The second kappa shape index (κ2) is 8.75. The molecule has 3 nitrogen and oxygen atoms in total. The number of hydrogen-bond acceptors (Lipinski definition) is 3. The zero-order chi connectivity index (χ0) is 19.4. The fourth-order valence-corrected chi connectivity index (χ4v) is 3.98. The molecule has 0 radical (unpaired) electrons. The highest BCUT2D eigenvalue weighted by Gasteiger charge is 2.16. The standard InChI is InChI=1S/C23H29N3S/c1-16(2)14-26(15-17(3)4)23(27-5)25-22-18-10-6-8-12-20(18)24-21-13-9-7-11-19(21)22/h6-13,16-17H,14-15H2,1-5H3. The Bertz CT molecular complexity index is 883. The van der Waals surface area contributed by atoms with Crippen LogP contribution >= 0.6 is 11.8 Å². The fraction of sp³-hybridized carbons (Fsp3) is 0.391. The number of para-hydroxylation sites is 2. The number of pyridine rings is 1. The Labute approximate surface area is 166 Å². The largest absolute Gasteiger partial charge is 0.351 e. The topological polar surface area (TPSA) is 28.5 Å². The molecule has 0 fully saturated rings. The smallest absolute Gasteiger partial charge is 0.164 e. The molecule has 3 aromatic rings. The predicted molar refractivity (Wildman–Crippen MR) is 121 cm³/mol. The zero-order valence-electron chi connectivity index (χ0n) is 16.9. The third kappa shape index (κ3) is 4.62. The summed E-state index contributed by atoms with van der Waals surface area (Å²) in [6, 6.07) is 16.6. The van der Waals surface area contributed by atoms with E-state index >= 15 is 0 Å². The lowest BCUT2D eigenvalue weighted by Crippen LogP contribution is -2.35. The highest BCUT2D eigenvalue weighted by Crippen LogP contribution is 2.34. The molecule has 27 heavy (non-hydrogen) atoms. The van der Waals surface area contributed by atoms with Gasteiger partial charge in [-0.3, -0.25) is 0 Å². The molecule has 3 rings (SSSR count). The van der Waals surface area contributed by atoms with Crippen LogP contribution in [0.4, 0.5) is 5.69 Å². The van der Waals surface area contributed by atoms with Gasteiger partial charge in [-0.25, -0.2) is 9.98 Å². The van der Waals surface area contributed by atoms with Crippen molar-refractivity contribution in [3.63, 3.8) is 0 Å². The summed E-state index contributed by atoms with van der Waals surface area (Å²) < 4.78 is 0. The molecule has 0 saturated heterocycles. The first kappa shape index (κ1) is 19.7. The number of fused-ring (bicyclic) bond motifs is 2. The number of rotatable bonds is 5. The molecular weight excluding hydrogens is 350 g/mol. The molecule has 0 bridgehead atoms. The van der Waals surface area contributed by atoms with Crippen LogP contribution in [0.5, 0.6) is 0 Å². The Kier molecular flexibility index (Phi) is 6.38. The van der Waals surface area contributed by atoms with Gasteiger partial charge in [0.2, 0.25) is 0 Å². The van der Waals surface area contributed by atoms with Crippen LogP contribution in [0.3, 0.4) is 0 Å². The van der Waals surface area contributed by atoms with Crippen molar-refractivity contribution in [3.05, 3.63) is 48.5 Å². The Balaban J connectivity index is 2.20. The van der Waals surface area contributed by atoms with Gasteiger partial charge in [-0.05, 0) is 30.2 Å². The average molecular weight is 380 g/mol.